The quantitative estimate of drug-likeness (QED) is 0.938. The van der Waals surface area contributed by atoms with Crippen molar-refractivity contribution in [2.75, 3.05) is 21.3 Å². The summed E-state index contributed by atoms with van der Waals surface area (Å²) in [6.07, 6.45) is 0. The summed E-state index contributed by atoms with van der Waals surface area (Å²) in [6.45, 7) is 1.85. The number of hydrogen-bond donors (Lipinski definition) is 1. The van der Waals surface area contributed by atoms with Crippen LogP contribution in [0.3, 0.4) is 0 Å². The second kappa shape index (κ2) is 5.98. The molecule has 1 aromatic heterocycles. The van der Waals surface area contributed by atoms with E-state index in [2.05, 4.69) is 4.98 Å². The molecule has 0 atom stereocenters. The molecule has 0 aliphatic heterocycles. The fourth-order valence-electron chi connectivity index (χ4n) is 2.29. The van der Waals surface area contributed by atoms with Crippen molar-refractivity contribution in [1.82, 2.24) is 4.98 Å². The van der Waals surface area contributed by atoms with E-state index < -0.39 is 0 Å². The molecule has 1 heterocycles. The Bertz CT molecular complexity index is 717. The molecule has 2 aromatic rings. The van der Waals surface area contributed by atoms with E-state index in [1.165, 1.54) is 7.11 Å². The predicted octanol–water partition coefficient (Wildman–Crippen LogP) is 3.54. The van der Waals surface area contributed by atoms with E-state index in [4.69, 9.17) is 31.1 Å². The Morgan fingerprint density at radius 2 is 1.76 bits per heavy atom. The molecule has 0 saturated heterocycles. The summed E-state index contributed by atoms with van der Waals surface area (Å²) in [7, 11) is 4.64. The van der Waals surface area contributed by atoms with Gasteiger partial charge in [-0.2, -0.15) is 5.26 Å². The Hall–Kier alpha value is -2.32. The fourth-order valence-corrected chi connectivity index (χ4v) is 2.62. The van der Waals surface area contributed by atoms with E-state index in [0.717, 1.165) is 11.3 Å². The van der Waals surface area contributed by atoms with Crippen LogP contribution in [0.1, 0.15) is 11.4 Å². The molecule has 0 amide bonds. The van der Waals surface area contributed by atoms with Crippen molar-refractivity contribution in [2.24, 2.45) is 0 Å². The topological polar surface area (TPSA) is 67.3 Å². The number of nitrogens with zero attached hydrogens (tertiary/aromatic N) is 1. The lowest BCUT2D eigenvalue weighted by Gasteiger charge is -2.16. The summed E-state index contributed by atoms with van der Waals surface area (Å²) in [5.41, 5.74) is 2.55. The number of aromatic amines is 1. The molecule has 1 aromatic carbocycles. The van der Waals surface area contributed by atoms with E-state index >= 15 is 0 Å². The number of benzene rings is 1. The molecule has 0 aliphatic rings. The molecule has 5 nitrogen and oxygen atoms in total. The highest BCUT2D eigenvalue weighted by Gasteiger charge is 2.22. The second-order valence-electron chi connectivity index (χ2n) is 4.31. The Labute approximate surface area is 128 Å². The summed E-state index contributed by atoms with van der Waals surface area (Å²) in [5.74, 6) is 1.54. The molecule has 0 fully saturated rings. The van der Waals surface area contributed by atoms with Gasteiger partial charge in [0.25, 0.3) is 0 Å². The lowest BCUT2D eigenvalue weighted by Crippen LogP contribution is -1.97. The molecule has 0 unspecified atom stereocenters. The molecule has 0 aliphatic carbocycles. The van der Waals surface area contributed by atoms with Crippen LogP contribution in [0.2, 0.25) is 5.02 Å². The van der Waals surface area contributed by atoms with Gasteiger partial charge in [-0.05, 0) is 19.1 Å². The first-order chi connectivity index (χ1) is 10.1. The van der Waals surface area contributed by atoms with Gasteiger partial charge in [0.05, 0.1) is 26.4 Å². The third-order valence-corrected chi connectivity index (χ3v) is 3.59. The zero-order chi connectivity index (χ0) is 15.6. The maximum absolute atomic E-state index is 9.07. The molecule has 0 saturated carbocycles. The van der Waals surface area contributed by atoms with E-state index in [9.17, 15) is 0 Å². The van der Waals surface area contributed by atoms with Crippen LogP contribution in [-0.4, -0.2) is 26.3 Å². The third-order valence-electron chi connectivity index (χ3n) is 3.21. The second-order valence-corrected chi connectivity index (χ2v) is 4.69. The fraction of sp³-hybridized carbons (Fsp3) is 0.267. The van der Waals surface area contributed by atoms with E-state index in [0.29, 0.717) is 33.5 Å². The van der Waals surface area contributed by atoms with Crippen molar-refractivity contribution in [1.29, 1.82) is 5.26 Å². The SMILES string of the molecule is COc1ccc(-c2c(C)[nH]c(C#N)c2Cl)c(OC)c1OC. The maximum atomic E-state index is 9.07. The largest absolute Gasteiger partial charge is 0.493 e. The molecule has 2 rings (SSSR count). The van der Waals surface area contributed by atoms with Crippen molar-refractivity contribution >= 4 is 11.6 Å². The van der Waals surface area contributed by atoms with Crippen LogP contribution in [0.5, 0.6) is 17.2 Å². The zero-order valence-electron chi connectivity index (χ0n) is 12.2. The molecule has 0 radical (unpaired) electrons. The predicted molar refractivity (Wildman–Crippen MR) is 80.3 cm³/mol. The number of methoxy groups -OCH3 is 3. The number of halogens is 1. The first-order valence-electron chi connectivity index (χ1n) is 6.16. The molecule has 1 N–H and O–H groups in total. The Balaban J connectivity index is 2.76. The Kier molecular flexibility index (Phi) is 4.29. The highest BCUT2D eigenvalue weighted by Crippen LogP contribution is 2.47. The summed E-state index contributed by atoms with van der Waals surface area (Å²) in [5, 5.41) is 9.43. The number of nitrogens with one attached hydrogen (secondary N) is 1. The van der Waals surface area contributed by atoms with Gasteiger partial charge in [0, 0.05) is 16.8 Å². The van der Waals surface area contributed by atoms with Crippen molar-refractivity contribution < 1.29 is 14.2 Å². The maximum Gasteiger partial charge on any atom is 0.203 e. The third kappa shape index (κ3) is 2.39. The highest BCUT2D eigenvalue weighted by molar-refractivity contribution is 6.34. The molecule has 0 spiro atoms. The van der Waals surface area contributed by atoms with Crippen LogP contribution >= 0.6 is 11.6 Å². The number of nitriles is 1. The van der Waals surface area contributed by atoms with Crippen LogP contribution in [0.25, 0.3) is 11.1 Å². The summed E-state index contributed by atoms with van der Waals surface area (Å²) in [4.78, 5) is 2.96. The zero-order valence-corrected chi connectivity index (χ0v) is 13.0. The van der Waals surface area contributed by atoms with E-state index in [1.54, 1.807) is 20.3 Å². The number of H-pyrrole nitrogens is 1. The van der Waals surface area contributed by atoms with Crippen LogP contribution in [0.15, 0.2) is 12.1 Å². The first kappa shape index (κ1) is 15.1. The average molecular weight is 307 g/mol. The minimum Gasteiger partial charge on any atom is -0.493 e. The van der Waals surface area contributed by atoms with Crippen molar-refractivity contribution in [2.45, 2.75) is 6.92 Å². The van der Waals surface area contributed by atoms with Crippen molar-refractivity contribution in [3.63, 3.8) is 0 Å². The summed E-state index contributed by atoms with van der Waals surface area (Å²) >= 11 is 6.28. The van der Waals surface area contributed by atoms with Crippen molar-refractivity contribution in [3.8, 4) is 34.4 Å². The minimum absolute atomic E-state index is 0.320. The van der Waals surface area contributed by atoms with Gasteiger partial charge >= 0.3 is 0 Å². The monoisotopic (exact) mass is 306 g/mol. The molecule has 110 valence electrons. The number of rotatable bonds is 4. The standard InChI is InChI=1S/C15H15ClN2O3/c1-8-12(13(16)10(7-17)18-8)9-5-6-11(19-2)15(21-4)14(9)20-3/h5-6,18H,1-4H3. The van der Waals surface area contributed by atoms with E-state index in [-0.39, 0.29) is 0 Å². The average Bonchev–Trinajstić information content (AvgIpc) is 2.79. The molecular formula is C15H15ClN2O3. The lowest BCUT2D eigenvalue weighted by atomic mass is 10.0. The van der Waals surface area contributed by atoms with Gasteiger partial charge in [-0.15, -0.1) is 0 Å². The summed E-state index contributed by atoms with van der Waals surface area (Å²) < 4.78 is 16.1. The van der Waals surface area contributed by atoms with Crippen LogP contribution in [-0.2, 0) is 0 Å². The molecule has 0 bridgehead atoms. The van der Waals surface area contributed by atoms with Gasteiger partial charge in [-0.25, -0.2) is 0 Å². The molecule has 6 heteroatoms. The van der Waals surface area contributed by atoms with Gasteiger partial charge in [0.1, 0.15) is 11.8 Å². The van der Waals surface area contributed by atoms with Gasteiger partial charge in [0.2, 0.25) is 5.75 Å². The lowest BCUT2D eigenvalue weighted by molar-refractivity contribution is 0.325. The normalized spacial score (nSPS) is 10.1. The minimum atomic E-state index is 0.320. The van der Waals surface area contributed by atoms with E-state index in [1.807, 2.05) is 19.1 Å². The smallest absolute Gasteiger partial charge is 0.203 e. The molecule has 21 heavy (non-hydrogen) atoms. The van der Waals surface area contributed by atoms with Crippen LogP contribution < -0.4 is 14.2 Å². The highest BCUT2D eigenvalue weighted by atomic mass is 35.5. The Morgan fingerprint density at radius 1 is 1.10 bits per heavy atom. The van der Waals surface area contributed by atoms with Gasteiger partial charge in [0.15, 0.2) is 11.5 Å². The van der Waals surface area contributed by atoms with Crippen molar-refractivity contribution in [3.05, 3.63) is 28.5 Å². The Morgan fingerprint density at radius 3 is 2.24 bits per heavy atom. The number of hydrogen-bond acceptors (Lipinski definition) is 4. The first-order valence-corrected chi connectivity index (χ1v) is 6.54. The van der Waals surface area contributed by atoms with Gasteiger partial charge < -0.3 is 19.2 Å². The number of aryl methyl sites for hydroxylation is 1. The summed E-state index contributed by atoms with van der Waals surface area (Å²) in [6, 6.07) is 5.62. The number of aromatic nitrogens is 1. The van der Waals surface area contributed by atoms with Gasteiger partial charge in [-0.3, -0.25) is 0 Å². The van der Waals surface area contributed by atoms with Gasteiger partial charge in [-0.1, -0.05) is 11.6 Å². The van der Waals surface area contributed by atoms with Crippen LogP contribution in [0, 0.1) is 18.3 Å². The van der Waals surface area contributed by atoms with Crippen LogP contribution in [0.4, 0.5) is 0 Å². The molecular weight excluding hydrogens is 292 g/mol. The number of ether oxygens (including phenoxy) is 3.